The highest BCUT2D eigenvalue weighted by atomic mass is 16.7. The van der Waals surface area contributed by atoms with Crippen molar-refractivity contribution in [3.8, 4) is 5.75 Å². The molecule has 0 aromatic heterocycles. The number of nitrogens with zero attached hydrogens (tertiary/aromatic N) is 2. The lowest BCUT2D eigenvalue weighted by molar-refractivity contribution is -0.181. The highest BCUT2D eigenvalue weighted by molar-refractivity contribution is 6.07. The van der Waals surface area contributed by atoms with Crippen LogP contribution in [-0.4, -0.2) is 54.5 Å². The average molecular weight is 423 g/mol. The SMILES string of the molecule is COc1ccccc1CNC(=O)CN1OC2C(=O)N(C)C(=O)C2C1c1ccc(C)cc1. The molecule has 2 aromatic carbocycles. The summed E-state index contributed by atoms with van der Waals surface area (Å²) in [4.78, 5) is 44.9. The lowest BCUT2D eigenvalue weighted by Gasteiger charge is -2.26. The molecule has 4 rings (SSSR count). The van der Waals surface area contributed by atoms with E-state index in [1.807, 2.05) is 55.5 Å². The molecule has 162 valence electrons. The Morgan fingerprint density at radius 3 is 2.52 bits per heavy atom. The molecule has 2 aromatic rings. The summed E-state index contributed by atoms with van der Waals surface area (Å²) in [5.74, 6) is -0.952. The summed E-state index contributed by atoms with van der Waals surface area (Å²) in [6, 6.07) is 14.6. The number of amides is 3. The molecule has 0 bridgehead atoms. The van der Waals surface area contributed by atoms with Gasteiger partial charge in [0.25, 0.3) is 5.91 Å². The van der Waals surface area contributed by atoms with Crippen LogP contribution in [0.2, 0.25) is 0 Å². The van der Waals surface area contributed by atoms with Gasteiger partial charge in [0.15, 0.2) is 6.10 Å². The number of hydroxylamine groups is 2. The van der Waals surface area contributed by atoms with E-state index in [2.05, 4.69) is 5.32 Å². The Labute approximate surface area is 180 Å². The second-order valence-corrected chi connectivity index (χ2v) is 7.81. The number of nitrogens with one attached hydrogen (secondary N) is 1. The highest BCUT2D eigenvalue weighted by Crippen LogP contribution is 2.44. The van der Waals surface area contributed by atoms with E-state index in [9.17, 15) is 14.4 Å². The van der Waals surface area contributed by atoms with E-state index in [4.69, 9.17) is 9.57 Å². The number of imide groups is 1. The predicted octanol–water partition coefficient (Wildman–Crippen LogP) is 1.59. The van der Waals surface area contributed by atoms with Crippen LogP contribution < -0.4 is 10.1 Å². The molecule has 2 aliphatic rings. The fourth-order valence-electron chi connectivity index (χ4n) is 4.12. The second kappa shape index (κ2) is 8.49. The smallest absolute Gasteiger partial charge is 0.261 e. The van der Waals surface area contributed by atoms with Crippen molar-refractivity contribution in [3.05, 3.63) is 65.2 Å². The highest BCUT2D eigenvalue weighted by Gasteiger charge is 2.58. The van der Waals surface area contributed by atoms with Crippen molar-refractivity contribution >= 4 is 17.7 Å². The van der Waals surface area contributed by atoms with Crippen molar-refractivity contribution in [2.45, 2.75) is 25.6 Å². The zero-order valence-electron chi connectivity index (χ0n) is 17.7. The molecule has 2 aliphatic heterocycles. The summed E-state index contributed by atoms with van der Waals surface area (Å²) in [5, 5.41) is 4.32. The largest absolute Gasteiger partial charge is 0.496 e. The molecule has 0 aliphatic carbocycles. The van der Waals surface area contributed by atoms with Gasteiger partial charge in [-0.15, -0.1) is 0 Å². The van der Waals surface area contributed by atoms with Crippen molar-refractivity contribution in [3.63, 3.8) is 0 Å². The Morgan fingerprint density at radius 1 is 1.10 bits per heavy atom. The molecule has 2 saturated heterocycles. The van der Waals surface area contributed by atoms with Gasteiger partial charge < -0.3 is 10.1 Å². The van der Waals surface area contributed by atoms with Gasteiger partial charge in [0, 0.05) is 19.2 Å². The average Bonchev–Trinajstić information content (AvgIpc) is 3.24. The topological polar surface area (TPSA) is 88.2 Å². The Hall–Kier alpha value is -3.23. The molecule has 3 atom stereocenters. The van der Waals surface area contributed by atoms with E-state index in [1.165, 1.54) is 12.1 Å². The Balaban J connectivity index is 1.52. The number of carbonyl (C=O) groups is 3. The summed E-state index contributed by atoms with van der Waals surface area (Å²) >= 11 is 0. The molecular formula is C23H25N3O5. The minimum absolute atomic E-state index is 0.106. The normalized spacial score (nSPS) is 23.2. The maximum atomic E-state index is 12.7. The standard InChI is InChI=1S/C23H25N3O5/c1-14-8-10-15(11-9-14)20-19-21(23(29)25(2)22(19)28)31-26(20)13-18(27)24-12-16-6-4-5-7-17(16)30-3/h4-11,19-21H,12-13H2,1-3H3,(H,24,27). The van der Waals surface area contributed by atoms with Crippen LogP contribution in [0, 0.1) is 12.8 Å². The van der Waals surface area contributed by atoms with Crippen LogP contribution in [0.1, 0.15) is 22.7 Å². The van der Waals surface area contributed by atoms with Crippen LogP contribution in [0.5, 0.6) is 5.75 Å². The first-order chi connectivity index (χ1) is 14.9. The number of para-hydroxylation sites is 1. The molecule has 3 amide bonds. The molecule has 0 saturated carbocycles. The number of carbonyl (C=O) groups excluding carboxylic acids is 3. The zero-order chi connectivity index (χ0) is 22.1. The maximum absolute atomic E-state index is 12.7. The van der Waals surface area contributed by atoms with Gasteiger partial charge in [0.05, 0.1) is 19.1 Å². The minimum Gasteiger partial charge on any atom is -0.496 e. The molecule has 2 fully saturated rings. The number of ether oxygens (including phenoxy) is 1. The molecule has 31 heavy (non-hydrogen) atoms. The quantitative estimate of drug-likeness (QED) is 0.710. The number of benzene rings is 2. The first-order valence-corrected chi connectivity index (χ1v) is 10.1. The fourth-order valence-corrected chi connectivity index (χ4v) is 4.12. The summed E-state index contributed by atoms with van der Waals surface area (Å²) in [6.07, 6.45) is -0.911. The summed E-state index contributed by atoms with van der Waals surface area (Å²) in [6.45, 7) is 2.16. The first-order valence-electron chi connectivity index (χ1n) is 10.1. The third kappa shape index (κ3) is 3.92. The van der Waals surface area contributed by atoms with Crippen LogP contribution in [0.15, 0.2) is 48.5 Å². The van der Waals surface area contributed by atoms with Crippen LogP contribution in [-0.2, 0) is 25.8 Å². The van der Waals surface area contributed by atoms with Crippen molar-refractivity contribution in [1.82, 2.24) is 15.3 Å². The van der Waals surface area contributed by atoms with Gasteiger partial charge in [-0.3, -0.25) is 24.1 Å². The maximum Gasteiger partial charge on any atom is 0.261 e. The van der Waals surface area contributed by atoms with Gasteiger partial charge in [-0.05, 0) is 18.6 Å². The van der Waals surface area contributed by atoms with Crippen molar-refractivity contribution in [2.24, 2.45) is 5.92 Å². The van der Waals surface area contributed by atoms with E-state index < -0.39 is 18.1 Å². The van der Waals surface area contributed by atoms with E-state index in [-0.39, 0.29) is 24.3 Å². The van der Waals surface area contributed by atoms with Gasteiger partial charge in [-0.2, -0.15) is 5.06 Å². The number of hydrogen-bond acceptors (Lipinski definition) is 6. The molecule has 1 N–H and O–H groups in total. The third-order valence-corrected chi connectivity index (χ3v) is 5.80. The van der Waals surface area contributed by atoms with Crippen LogP contribution in [0.3, 0.4) is 0 Å². The van der Waals surface area contributed by atoms with Gasteiger partial charge in [-0.1, -0.05) is 48.0 Å². The molecule has 8 heteroatoms. The number of fused-ring (bicyclic) bond motifs is 1. The molecule has 8 nitrogen and oxygen atoms in total. The van der Waals surface area contributed by atoms with E-state index in [0.717, 1.165) is 21.6 Å². The predicted molar refractivity (Wildman–Crippen MR) is 112 cm³/mol. The van der Waals surface area contributed by atoms with Crippen molar-refractivity contribution in [1.29, 1.82) is 0 Å². The first kappa shape index (κ1) is 21.0. The van der Waals surface area contributed by atoms with Gasteiger partial charge >= 0.3 is 0 Å². The van der Waals surface area contributed by atoms with Crippen LogP contribution in [0.25, 0.3) is 0 Å². The minimum atomic E-state index is -0.911. The lowest BCUT2D eigenvalue weighted by Crippen LogP contribution is -2.40. The van der Waals surface area contributed by atoms with E-state index in [0.29, 0.717) is 12.3 Å². The summed E-state index contributed by atoms with van der Waals surface area (Å²) in [5.41, 5.74) is 2.75. The molecule has 0 spiro atoms. The number of rotatable bonds is 6. The van der Waals surface area contributed by atoms with Crippen molar-refractivity contribution < 1.29 is 24.0 Å². The Bertz CT molecular complexity index is 1010. The second-order valence-electron chi connectivity index (χ2n) is 7.81. The van der Waals surface area contributed by atoms with Crippen molar-refractivity contribution in [2.75, 3.05) is 20.7 Å². The van der Waals surface area contributed by atoms with E-state index in [1.54, 1.807) is 7.11 Å². The van der Waals surface area contributed by atoms with Crippen LogP contribution in [0.4, 0.5) is 0 Å². The molecule has 0 radical (unpaired) electrons. The van der Waals surface area contributed by atoms with E-state index >= 15 is 0 Å². The van der Waals surface area contributed by atoms with Gasteiger partial charge in [0.2, 0.25) is 11.8 Å². The number of hydrogen-bond donors (Lipinski definition) is 1. The number of likely N-dealkylation sites (N-methyl/N-ethyl adjacent to an activating group) is 1. The molecule has 2 heterocycles. The van der Waals surface area contributed by atoms with Crippen LogP contribution >= 0.6 is 0 Å². The third-order valence-electron chi connectivity index (χ3n) is 5.80. The monoisotopic (exact) mass is 423 g/mol. The Morgan fingerprint density at radius 2 is 1.81 bits per heavy atom. The van der Waals surface area contributed by atoms with Gasteiger partial charge in [-0.25, -0.2) is 0 Å². The number of aryl methyl sites for hydroxylation is 1. The summed E-state index contributed by atoms with van der Waals surface area (Å²) < 4.78 is 5.31. The molecular weight excluding hydrogens is 398 g/mol. The fraction of sp³-hybridized carbons (Fsp3) is 0.348. The zero-order valence-corrected chi connectivity index (χ0v) is 17.7. The summed E-state index contributed by atoms with van der Waals surface area (Å²) in [7, 11) is 3.04. The van der Waals surface area contributed by atoms with Gasteiger partial charge in [0.1, 0.15) is 12.3 Å². The number of likely N-dealkylation sites (tertiary alicyclic amines) is 1. The Kier molecular flexibility index (Phi) is 5.75. The lowest BCUT2D eigenvalue weighted by atomic mass is 9.90. The number of methoxy groups -OCH3 is 1. The molecule has 3 unspecified atom stereocenters.